The van der Waals surface area contributed by atoms with Crippen molar-refractivity contribution in [2.45, 2.75) is 13.0 Å². The predicted octanol–water partition coefficient (Wildman–Crippen LogP) is 2.05. The van der Waals surface area contributed by atoms with Crippen molar-refractivity contribution in [3.05, 3.63) is 64.7 Å². The van der Waals surface area contributed by atoms with Crippen molar-refractivity contribution < 1.29 is 19.4 Å². The molecule has 8 nitrogen and oxygen atoms in total. The predicted molar refractivity (Wildman–Crippen MR) is 117 cm³/mol. The van der Waals surface area contributed by atoms with Crippen LogP contribution >= 0.6 is 0 Å². The van der Waals surface area contributed by atoms with Crippen molar-refractivity contribution in [1.29, 1.82) is 0 Å². The van der Waals surface area contributed by atoms with Crippen LogP contribution in [0.15, 0.2) is 47.6 Å². The molecule has 2 heterocycles. The van der Waals surface area contributed by atoms with Crippen molar-refractivity contribution in [2.24, 2.45) is 5.10 Å². The minimum atomic E-state index is -0.827. The summed E-state index contributed by atoms with van der Waals surface area (Å²) < 4.78 is 5.31. The van der Waals surface area contributed by atoms with Crippen LogP contribution in [-0.4, -0.2) is 72.5 Å². The first-order valence-corrected chi connectivity index (χ1v) is 10.4. The smallest absolute Gasteiger partial charge is 0.317 e. The Labute approximate surface area is 181 Å². The van der Waals surface area contributed by atoms with Crippen LogP contribution in [0.25, 0.3) is 0 Å². The van der Waals surface area contributed by atoms with E-state index >= 15 is 0 Å². The fourth-order valence-electron chi connectivity index (χ4n) is 3.76. The van der Waals surface area contributed by atoms with E-state index in [1.165, 1.54) is 5.56 Å². The third-order valence-electron chi connectivity index (χ3n) is 5.44. The molecular weight excluding hydrogens is 396 g/mol. The number of anilines is 1. The molecule has 0 radical (unpaired) electrons. The summed E-state index contributed by atoms with van der Waals surface area (Å²) in [6.45, 7) is 4.27. The number of carbonyl (C=O) groups is 2. The van der Waals surface area contributed by atoms with Crippen molar-refractivity contribution in [3.63, 3.8) is 0 Å². The van der Waals surface area contributed by atoms with E-state index in [4.69, 9.17) is 9.84 Å². The van der Waals surface area contributed by atoms with Gasteiger partial charge in [0.25, 0.3) is 5.91 Å². The van der Waals surface area contributed by atoms with Crippen LogP contribution in [0.4, 0.5) is 5.69 Å². The summed E-state index contributed by atoms with van der Waals surface area (Å²) in [6, 6.07) is 13.1. The van der Waals surface area contributed by atoms with Gasteiger partial charge < -0.3 is 15.2 Å². The molecule has 8 heteroatoms. The lowest BCUT2D eigenvalue weighted by atomic mass is 9.99. The molecule has 2 aliphatic heterocycles. The fraction of sp³-hybridized carbons (Fsp3) is 0.348. The normalized spacial score (nSPS) is 16.8. The van der Waals surface area contributed by atoms with Crippen molar-refractivity contribution in [3.8, 4) is 0 Å². The number of benzene rings is 2. The van der Waals surface area contributed by atoms with Crippen molar-refractivity contribution >= 4 is 23.8 Å². The molecule has 162 valence electrons. The van der Waals surface area contributed by atoms with Crippen LogP contribution in [0.5, 0.6) is 0 Å². The topological polar surface area (TPSA) is 94.5 Å². The van der Waals surface area contributed by atoms with Gasteiger partial charge in [-0.25, -0.2) is 0 Å². The Kier molecular flexibility index (Phi) is 6.59. The van der Waals surface area contributed by atoms with Crippen LogP contribution in [0.1, 0.15) is 27.0 Å². The number of rotatable bonds is 6. The zero-order chi connectivity index (χ0) is 21.6. The molecule has 1 amide bonds. The molecule has 0 saturated carbocycles. The van der Waals surface area contributed by atoms with E-state index in [-0.39, 0.29) is 12.5 Å². The van der Waals surface area contributed by atoms with Crippen LogP contribution in [0.3, 0.4) is 0 Å². The first-order valence-electron chi connectivity index (χ1n) is 10.4. The van der Waals surface area contributed by atoms with Crippen LogP contribution in [0.2, 0.25) is 0 Å². The Morgan fingerprint density at radius 2 is 1.84 bits per heavy atom. The standard InChI is InChI=1S/C23H26N4O4/c28-22(29)16-26-8-7-18-5-6-21(13-20(18)15-26)25-23(30)19-3-1-17(2-4-19)14-24-27-9-11-31-12-10-27/h1-6,13-14H,7-12,15-16H2,(H,25,30)(H,28,29). The molecule has 0 unspecified atom stereocenters. The molecule has 2 aromatic carbocycles. The summed E-state index contributed by atoms with van der Waals surface area (Å²) in [4.78, 5) is 25.5. The first-order chi connectivity index (χ1) is 15.1. The highest BCUT2D eigenvalue weighted by atomic mass is 16.5. The first kappa shape index (κ1) is 21.0. The van der Waals surface area contributed by atoms with Gasteiger partial charge in [0.05, 0.1) is 39.1 Å². The van der Waals surface area contributed by atoms with Gasteiger partial charge in [-0.15, -0.1) is 0 Å². The number of hydrazone groups is 1. The van der Waals surface area contributed by atoms with Crippen LogP contribution < -0.4 is 5.32 Å². The zero-order valence-electron chi connectivity index (χ0n) is 17.3. The largest absolute Gasteiger partial charge is 0.480 e. The van der Waals surface area contributed by atoms with E-state index in [1.807, 2.05) is 40.2 Å². The molecule has 2 N–H and O–H groups in total. The van der Waals surface area contributed by atoms with Crippen molar-refractivity contribution in [2.75, 3.05) is 44.7 Å². The number of carboxylic acid groups (broad SMARTS) is 1. The van der Waals surface area contributed by atoms with E-state index in [0.717, 1.165) is 37.2 Å². The molecule has 0 spiro atoms. The second-order valence-electron chi connectivity index (χ2n) is 7.72. The number of amides is 1. The lowest BCUT2D eigenvalue weighted by molar-refractivity contribution is -0.138. The molecule has 0 aromatic heterocycles. The van der Waals surface area contributed by atoms with Crippen molar-refractivity contribution in [1.82, 2.24) is 9.91 Å². The Balaban J connectivity index is 1.37. The van der Waals surface area contributed by atoms with E-state index in [2.05, 4.69) is 10.4 Å². The molecule has 0 aliphatic carbocycles. The minimum Gasteiger partial charge on any atom is -0.480 e. The number of hydrogen-bond acceptors (Lipinski definition) is 6. The van der Waals surface area contributed by atoms with E-state index in [0.29, 0.717) is 31.0 Å². The summed E-state index contributed by atoms with van der Waals surface area (Å²) in [7, 11) is 0. The van der Waals surface area contributed by atoms with E-state index in [1.54, 1.807) is 18.3 Å². The Morgan fingerprint density at radius 1 is 1.06 bits per heavy atom. The maximum atomic E-state index is 12.7. The lowest BCUT2D eigenvalue weighted by Crippen LogP contribution is -2.34. The highest BCUT2D eigenvalue weighted by molar-refractivity contribution is 6.04. The SMILES string of the molecule is O=C(O)CN1CCc2ccc(NC(=O)c3ccc(C=NN4CCOCC4)cc3)cc2C1. The summed E-state index contributed by atoms with van der Waals surface area (Å²) >= 11 is 0. The molecular formula is C23H26N4O4. The average Bonchev–Trinajstić information content (AvgIpc) is 2.78. The lowest BCUT2D eigenvalue weighted by Gasteiger charge is -2.27. The molecule has 1 fully saturated rings. The maximum Gasteiger partial charge on any atom is 0.317 e. The number of nitrogens with zero attached hydrogens (tertiary/aromatic N) is 3. The third-order valence-corrected chi connectivity index (χ3v) is 5.44. The summed E-state index contributed by atoms with van der Waals surface area (Å²) in [5.74, 6) is -1.01. The number of aliphatic carboxylic acids is 1. The molecule has 0 bridgehead atoms. The second-order valence-corrected chi connectivity index (χ2v) is 7.72. The molecule has 2 aromatic rings. The summed E-state index contributed by atoms with van der Waals surface area (Å²) in [5, 5.41) is 18.4. The van der Waals surface area contributed by atoms with Gasteiger partial charge in [0.2, 0.25) is 0 Å². The number of morpholine rings is 1. The van der Waals surface area contributed by atoms with Gasteiger partial charge in [0.1, 0.15) is 0 Å². The van der Waals surface area contributed by atoms with Gasteiger partial charge >= 0.3 is 5.97 Å². The van der Waals surface area contributed by atoms with Gasteiger partial charge in [0.15, 0.2) is 0 Å². The maximum absolute atomic E-state index is 12.7. The van der Waals surface area contributed by atoms with Gasteiger partial charge in [-0.1, -0.05) is 18.2 Å². The number of hydrogen-bond donors (Lipinski definition) is 2. The molecule has 31 heavy (non-hydrogen) atoms. The monoisotopic (exact) mass is 422 g/mol. The number of carboxylic acids is 1. The Morgan fingerprint density at radius 3 is 2.58 bits per heavy atom. The summed E-state index contributed by atoms with van der Waals surface area (Å²) in [6.07, 6.45) is 2.60. The summed E-state index contributed by atoms with van der Waals surface area (Å²) in [5.41, 5.74) is 4.45. The highest BCUT2D eigenvalue weighted by Gasteiger charge is 2.19. The van der Waals surface area contributed by atoms with Gasteiger partial charge in [-0.3, -0.25) is 19.5 Å². The zero-order valence-corrected chi connectivity index (χ0v) is 17.3. The van der Waals surface area contributed by atoms with E-state index < -0.39 is 5.97 Å². The van der Waals surface area contributed by atoms with Crippen LogP contribution in [-0.2, 0) is 22.5 Å². The van der Waals surface area contributed by atoms with Gasteiger partial charge in [0, 0.05) is 24.3 Å². The minimum absolute atomic E-state index is 0.0250. The molecule has 1 saturated heterocycles. The van der Waals surface area contributed by atoms with E-state index in [9.17, 15) is 9.59 Å². The Bertz CT molecular complexity index is 968. The average molecular weight is 422 g/mol. The second kappa shape index (κ2) is 9.72. The van der Waals surface area contributed by atoms with Crippen LogP contribution in [0, 0.1) is 0 Å². The number of ether oxygens (including phenoxy) is 1. The highest BCUT2D eigenvalue weighted by Crippen LogP contribution is 2.23. The number of fused-ring (bicyclic) bond motifs is 1. The third kappa shape index (κ3) is 5.68. The molecule has 4 rings (SSSR count). The number of carbonyl (C=O) groups excluding carboxylic acids is 1. The number of nitrogens with one attached hydrogen (secondary N) is 1. The fourth-order valence-corrected chi connectivity index (χ4v) is 3.76. The quantitative estimate of drug-likeness (QED) is 0.692. The molecule has 0 atom stereocenters. The molecule has 2 aliphatic rings. The Hall–Kier alpha value is -3.23. The van der Waals surface area contributed by atoms with Gasteiger partial charge in [-0.2, -0.15) is 5.10 Å². The van der Waals surface area contributed by atoms with Gasteiger partial charge in [-0.05, 0) is 47.4 Å².